The topological polar surface area (TPSA) is 68.9 Å². The van der Waals surface area contributed by atoms with Gasteiger partial charge in [0.25, 0.3) is 5.89 Å². The molecule has 0 fully saturated rings. The van der Waals surface area contributed by atoms with Gasteiger partial charge in [-0.25, -0.2) is 0 Å². The van der Waals surface area contributed by atoms with E-state index in [4.69, 9.17) is 4.52 Å². The lowest BCUT2D eigenvalue weighted by molar-refractivity contribution is 0.0972. The van der Waals surface area contributed by atoms with Gasteiger partial charge in [-0.2, -0.15) is 4.98 Å². The number of pyridine rings is 1. The second-order valence-corrected chi connectivity index (χ2v) is 3.69. The van der Waals surface area contributed by atoms with E-state index in [1.54, 1.807) is 18.5 Å². The summed E-state index contributed by atoms with van der Waals surface area (Å²) in [4.78, 5) is 18.8. The predicted molar refractivity (Wildman–Crippen MR) is 55.2 cm³/mol. The summed E-state index contributed by atoms with van der Waals surface area (Å²) < 4.78 is 5.53. The number of rotatable bonds is 2. The third-order valence-corrected chi connectivity index (χ3v) is 2.37. The van der Waals surface area contributed by atoms with Crippen molar-refractivity contribution in [2.45, 2.75) is 6.92 Å². The highest BCUT2D eigenvalue weighted by Gasteiger charge is 2.13. The van der Waals surface area contributed by atoms with Gasteiger partial charge in [-0.15, -0.1) is 0 Å². The molecular weight excluding hydrogens is 262 g/mol. The first-order valence-corrected chi connectivity index (χ1v) is 4.92. The van der Waals surface area contributed by atoms with Gasteiger partial charge >= 0.3 is 0 Å². The van der Waals surface area contributed by atoms with Gasteiger partial charge in [0, 0.05) is 29.4 Å². The number of carbonyl (C=O) groups is 1. The lowest BCUT2D eigenvalue weighted by atomic mass is 10.2. The van der Waals surface area contributed by atoms with Gasteiger partial charge in [0.05, 0.1) is 0 Å². The maximum atomic E-state index is 11.0. The van der Waals surface area contributed by atoms with E-state index >= 15 is 0 Å². The molecule has 0 amide bonds. The fourth-order valence-electron chi connectivity index (χ4n) is 1.03. The smallest absolute Gasteiger partial charge is 0.294 e. The van der Waals surface area contributed by atoms with E-state index in [1.807, 2.05) is 0 Å². The van der Waals surface area contributed by atoms with Crippen LogP contribution in [0.15, 0.2) is 27.5 Å². The van der Waals surface area contributed by atoms with Crippen molar-refractivity contribution in [1.29, 1.82) is 0 Å². The molecule has 2 heterocycles. The lowest BCUT2D eigenvalue weighted by Crippen LogP contribution is -1.91. The molecule has 2 aromatic heterocycles. The van der Waals surface area contributed by atoms with Crippen LogP contribution in [-0.4, -0.2) is 20.9 Å². The quantitative estimate of drug-likeness (QED) is 0.780. The van der Waals surface area contributed by atoms with Crippen LogP contribution < -0.4 is 0 Å². The Hall–Kier alpha value is -1.56. The zero-order valence-corrected chi connectivity index (χ0v) is 9.35. The maximum absolute atomic E-state index is 11.0. The first kappa shape index (κ1) is 9.97. The molecule has 0 aromatic carbocycles. The van der Waals surface area contributed by atoms with Crippen LogP contribution in [0.1, 0.15) is 17.6 Å². The Bertz CT molecular complexity index is 510. The normalized spacial score (nSPS) is 10.3. The largest absolute Gasteiger partial charge is 0.330 e. The van der Waals surface area contributed by atoms with Crippen LogP contribution in [0.5, 0.6) is 0 Å². The molecule has 2 aromatic rings. The first-order chi connectivity index (χ1) is 7.18. The Labute approximate surface area is 93.7 Å². The average Bonchev–Trinajstić information content (AvgIpc) is 2.67. The standard InChI is InChI=1S/C9H6BrN3O2/c1-5(14)9-12-8(13-15-9)6-2-3-11-4-7(6)10/h2-4H,1H3. The summed E-state index contributed by atoms with van der Waals surface area (Å²) in [5.41, 5.74) is 0.737. The van der Waals surface area contributed by atoms with Crippen LogP contribution in [0.4, 0.5) is 0 Å². The van der Waals surface area contributed by atoms with Crippen LogP contribution in [-0.2, 0) is 0 Å². The summed E-state index contributed by atoms with van der Waals surface area (Å²) in [7, 11) is 0. The monoisotopic (exact) mass is 267 g/mol. The Kier molecular flexibility index (Phi) is 2.59. The van der Waals surface area contributed by atoms with Crippen LogP contribution in [0.2, 0.25) is 0 Å². The van der Waals surface area contributed by atoms with E-state index in [1.165, 1.54) is 6.92 Å². The molecule has 15 heavy (non-hydrogen) atoms. The van der Waals surface area contributed by atoms with Gasteiger partial charge in [0.2, 0.25) is 11.6 Å². The molecular formula is C9H6BrN3O2. The Morgan fingerprint density at radius 3 is 2.93 bits per heavy atom. The SMILES string of the molecule is CC(=O)c1nc(-c2ccncc2Br)no1. The van der Waals surface area contributed by atoms with Crippen molar-refractivity contribution in [1.82, 2.24) is 15.1 Å². The fraction of sp³-hybridized carbons (Fsp3) is 0.111. The van der Waals surface area contributed by atoms with Crippen molar-refractivity contribution >= 4 is 21.7 Å². The van der Waals surface area contributed by atoms with E-state index in [0.717, 1.165) is 10.0 Å². The van der Waals surface area contributed by atoms with Gasteiger partial charge in [-0.3, -0.25) is 9.78 Å². The van der Waals surface area contributed by atoms with E-state index in [9.17, 15) is 4.79 Å². The fourth-order valence-corrected chi connectivity index (χ4v) is 1.46. The van der Waals surface area contributed by atoms with Gasteiger partial charge < -0.3 is 4.52 Å². The number of carbonyl (C=O) groups excluding carboxylic acids is 1. The number of ketones is 1. The molecule has 0 radical (unpaired) electrons. The highest BCUT2D eigenvalue weighted by atomic mass is 79.9. The van der Waals surface area contributed by atoms with Crippen LogP contribution in [0.25, 0.3) is 11.4 Å². The van der Waals surface area contributed by atoms with Crippen molar-refractivity contribution in [3.05, 3.63) is 28.8 Å². The number of hydrogen-bond acceptors (Lipinski definition) is 5. The molecule has 0 saturated carbocycles. The summed E-state index contributed by atoms with van der Waals surface area (Å²) >= 11 is 3.31. The zero-order chi connectivity index (χ0) is 10.8. The van der Waals surface area contributed by atoms with E-state index < -0.39 is 0 Å². The predicted octanol–water partition coefficient (Wildman–Crippen LogP) is 2.10. The van der Waals surface area contributed by atoms with Gasteiger partial charge in [0.1, 0.15) is 0 Å². The molecule has 6 heteroatoms. The van der Waals surface area contributed by atoms with Gasteiger partial charge in [0.15, 0.2) is 0 Å². The van der Waals surface area contributed by atoms with E-state index in [0.29, 0.717) is 5.82 Å². The minimum absolute atomic E-state index is 0.00807. The number of Topliss-reactive ketones (excluding diaryl/α,β-unsaturated/α-hetero) is 1. The van der Waals surface area contributed by atoms with Crippen LogP contribution in [0, 0.1) is 0 Å². The Morgan fingerprint density at radius 2 is 2.33 bits per heavy atom. The molecule has 0 bridgehead atoms. The summed E-state index contributed by atoms with van der Waals surface area (Å²) in [6.45, 7) is 1.37. The number of hydrogen-bond donors (Lipinski definition) is 0. The molecule has 5 nitrogen and oxygen atoms in total. The molecule has 0 spiro atoms. The van der Waals surface area contributed by atoms with Crippen molar-refractivity contribution in [2.75, 3.05) is 0 Å². The minimum atomic E-state index is -0.251. The molecule has 0 aliphatic rings. The molecule has 0 aliphatic heterocycles. The van der Waals surface area contributed by atoms with Crippen molar-refractivity contribution in [2.24, 2.45) is 0 Å². The zero-order valence-electron chi connectivity index (χ0n) is 7.77. The third kappa shape index (κ3) is 1.94. The molecule has 2 rings (SSSR count). The first-order valence-electron chi connectivity index (χ1n) is 4.13. The van der Waals surface area contributed by atoms with Gasteiger partial charge in [-0.05, 0) is 22.0 Å². The maximum Gasteiger partial charge on any atom is 0.294 e. The van der Waals surface area contributed by atoms with Crippen molar-refractivity contribution in [3.8, 4) is 11.4 Å². The number of aromatic nitrogens is 3. The van der Waals surface area contributed by atoms with E-state index in [-0.39, 0.29) is 11.7 Å². The molecule has 0 aliphatic carbocycles. The molecule has 76 valence electrons. The minimum Gasteiger partial charge on any atom is -0.330 e. The summed E-state index contributed by atoms with van der Waals surface area (Å²) in [6, 6.07) is 1.73. The summed E-state index contributed by atoms with van der Waals surface area (Å²) in [5.74, 6) is 0.127. The third-order valence-electron chi connectivity index (χ3n) is 1.74. The second kappa shape index (κ2) is 3.90. The van der Waals surface area contributed by atoms with Crippen molar-refractivity contribution < 1.29 is 9.32 Å². The van der Waals surface area contributed by atoms with Crippen molar-refractivity contribution in [3.63, 3.8) is 0 Å². The summed E-state index contributed by atoms with van der Waals surface area (Å²) in [5, 5.41) is 3.70. The number of nitrogens with zero attached hydrogens (tertiary/aromatic N) is 3. The van der Waals surface area contributed by atoms with Gasteiger partial charge in [-0.1, -0.05) is 5.16 Å². The Morgan fingerprint density at radius 1 is 1.53 bits per heavy atom. The summed E-state index contributed by atoms with van der Waals surface area (Å²) in [6.07, 6.45) is 3.24. The highest BCUT2D eigenvalue weighted by Crippen LogP contribution is 2.24. The molecule has 0 N–H and O–H groups in total. The average molecular weight is 268 g/mol. The molecule has 0 atom stereocenters. The lowest BCUT2D eigenvalue weighted by Gasteiger charge is -1.95. The van der Waals surface area contributed by atoms with Crippen LogP contribution in [0.3, 0.4) is 0 Å². The Balaban J connectivity index is 2.46. The van der Waals surface area contributed by atoms with Crippen LogP contribution >= 0.6 is 15.9 Å². The highest BCUT2D eigenvalue weighted by molar-refractivity contribution is 9.10. The second-order valence-electron chi connectivity index (χ2n) is 2.83. The molecule has 0 saturated heterocycles. The number of halogens is 1. The van der Waals surface area contributed by atoms with E-state index in [2.05, 4.69) is 31.1 Å². The molecule has 0 unspecified atom stereocenters.